The van der Waals surface area contributed by atoms with Crippen LogP contribution in [-0.2, 0) is 9.47 Å². The Morgan fingerprint density at radius 3 is 1.96 bits per heavy atom. The molecule has 0 N–H and O–H groups in total. The van der Waals surface area contributed by atoms with Gasteiger partial charge in [0.05, 0.1) is 13.1 Å². The van der Waals surface area contributed by atoms with Gasteiger partial charge in [-0.3, -0.25) is 4.99 Å². The monoisotopic (exact) mass is 394 g/mol. The molecular formula is C20H18F4N2O2. The number of allylic oxidation sites excluding steroid dienone is 1. The van der Waals surface area contributed by atoms with Crippen molar-refractivity contribution in [3.8, 4) is 0 Å². The Balaban J connectivity index is 2.03. The summed E-state index contributed by atoms with van der Waals surface area (Å²) in [7, 11) is 0. The first-order valence-electron chi connectivity index (χ1n) is 8.49. The third kappa shape index (κ3) is 4.69. The third-order valence-corrected chi connectivity index (χ3v) is 4.21. The fraction of sp³-hybridized carbons (Fsp3) is 0.250. The van der Waals surface area contributed by atoms with Crippen molar-refractivity contribution in [2.45, 2.75) is 18.8 Å². The van der Waals surface area contributed by atoms with Gasteiger partial charge in [0.15, 0.2) is 5.60 Å². The maximum atomic E-state index is 13.3. The summed E-state index contributed by atoms with van der Waals surface area (Å²) < 4.78 is 61.8. The van der Waals surface area contributed by atoms with E-state index >= 15 is 0 Å². The number of dihydropyridines is 1. The second kappa shape index (κ2) is 8.88. The van der Waals surface area contributed by atoms with Gasteiger partial charge in [0.2, 0.25) is 0 Å². The molecule has 0 aliphatic carbocycles. The molecule has 0 fully saturated rings. The molecule has 3 rings (SSSR count). The fourth-order valence-corrected chi connectivity index (χ4v) is 3.03. The number of anilines is 2. The molecule has 0 saturated carbocycles. The largest absolute Gasteiger partial charge is 0.436 e. The molecule has 0 spiro atoms. The van der Waals surface area contributed by atoms with Gasteiger partial charge in [-0.05, 0) is 30.3 Å². The first-order valence-corrected chi connectivity index (χ1v) is 8.49. The number of hydrogen-bond acceptors (Lipinski definition) is 4. The van der Waals surface area contributed by atoms with Crippen molar-refractivity contribution < 1.29 is 27.0 Å². The summed E-state index contributed by atoms with van der Waals surface area (Å²) in [5, 5.41) is 0. The van der Waals surface area contributed by atoms with Crippen LogP contribution in [0.2, 0.25) is 0 Å². The van der Waals surface area contributed by atoms with Gasteiger partial charge in [-0.2, -0.15) is 17.6 Å². The van der Waals surface area contributed by atoms with Crippen molar-refractivity contribution in [2.24, 2.45) is 4.99 Å². The minimum atomic E-state index is -3.20. The van der Waals surface area contributed by atoms with Gasteiger partial charge in [-0.15, -0.1) is 0 Å². The summed E-state index contributed by atoms with van der Waals surface area (Å²) in [6.07, 6.45) is 2.37. The van der Waals surface area contributed by atoms with E-state index in [0.29, 0.717) is 11.4 Å². The summed E-state index contributed by atoms with van der Waals surface area (Å²) in [5.41, 5.74) is -0.529. The van der Waals surface area contributed by atoms with Crippen LogP contribution in [0, 0.1) is 0 Å². The van der Waals surface area contributed by atoms with Gasteiger partial charge in [-0.1, -0.05) is 36.4 Å². The highest BCUT2D eigenvalue weighted by atomic mass is 19.3. The summed E-state index contributed by atoms with van der Waals surface area (Å²) in [6, 6.07) is 17.9. The second-order valence-corrected chi connectivity index (χ2v) is 6.03. The molecule has 0 bridgehead atoms. The molecule has 4 nitrogen and oxygen atoms in total. The molecule has 1 aliphatic rings. The van der Waals surface area contributed by atoms with Crippen LogP contribution < -0.4 is 4.90 Å². The molecule has 0 aromatic heterocycles. The average molecular weight is 394 g/mol. The topological polar surface area (TPSA) is 34.1 Å². The van der Waals surface area contributed by atoms with Crippen LogP contribution in [0.4, 0.5) is 28.9 Å². The highest BCUT2D eigenvalue weighted by Crippen LogP contribution is 2.35. The molecule has 2 aromatic rings. The zero-order chi connectivity index (χ0) is 20.0. The fourth-order valence-electron chi connectivity index (χ4n) is 3.03. The summed E-state index contributed by atoms with van der Waals surface area (Å²) in [6.45, 7) is -6.88. The van der Waals surface area contributed by atoms with E-state index in [-0.39, 0.29) is 13.1 Å². The predicted octanol–water partition coefficient (Wildman–Crippen LogP) is 5.01. The van der Waals surface area contributed by atoms with Gasteiger partial charge in [0.25, 0.3) is 0 Å². The lowest BCUT2D eigenvalue weighted by atomic mass is 9.97. The molecule has 0 radical (unpaired) electrons. The number of alkyl halides is 4. The SMILES string of the molecule is FC(F)OC1=CC=NCC1(CN(c1ccccc1)c1ccccc1)OC(F)F. The molecule has 28 heavy (non-hydrogen) atoms. The van der Waals surface area contributed by atoms with Crippen molar-refractivity contribution in [2.75, 3.05) is 18.0 Å². The van der Waals surface area contributed by atoms with Crippen LogP contribution in [0.3, 0.4) is 0 Å². The van der Waals surface area contributed by atoms with Crippen molar-refractivity contribution in [1.29, 1.82) is 0 Å². The van der Waals surface area contributed by atoms with Crippen LogP contribution >= 0.6 is 0 Å². The number of halogens is 4. The molecule has 1 aliphatic heterocycles. The average Bonchev–Trinajstić information content (AvgIpc) is 2.68. The first-order chi connectivity index (χ1) is 13.5. The van der Waals surface area contributed by atoms with Crippen LogP contribution in [-0.4, -0.2) is 38.1 Å². The number of ether oxygens (including phenoxy) is 2. The van der Waals surface area contributed by atoms with Gasteiger partial charge in [0.1, 0.15) is 5.76 Å². The summed E-state index contributed by atoms with van der Waals surface area (Å²) in [5.74, 6) is -0.394. The first kappa shape index (κ1) is 19.9. The minimum Gasteiger partial charge on any atom is -0.436 e. The highest BCUT2D eigenvalue weighted by molar-refractivity contribution is 5.74. The Morgan fingerprint density at radius 2 is 1.46 bits per heavy atom. The Kier molecular flexibility index (Phi) is 6.30. The number of aliphatic imine (C=N–C) groups is 1. The van der Waals surface area contributed by atoms with E-state index in [4.69, 9.17) is 4.74 Å². The van der Waals surface area contributed by atoms with E-state index in [1.165, 1.54) is 6.21 Å². The Morgan fingerprint density at radius 1 is 0.893 bits per heavy atom. The quantitative estimate of drug-likeness (QED) is 0.591. The number of rotatable bonds is 8. The van der Waals surface area contributed by atoms with Crippen molar-refractivity contribution in [3.63, 3.8) is 0 Å². The van der Waals surface area contributed by atoms with Gasteiger partial charge in [0, 0.05) is 17.6 Å². The second-order valence-electron chi connectivity index (χ2n) is 6.03. The van der Waals surface area contributed by atoms with E-state index in [2.05, 4.69) is 9.73 Å². The predicted molar refractivity (Wildman–Crippen MR) is 98.2 cm³/mol. The van der Waals surface area contributed by atoms with Crippen LogP contribution in [0.1, 0.15) is 0 Å². The smallest absolute Gasteiger partial charge is 0.387 e. The van der Waals surface area contributed by atoms with E-state index in [0.717, 1.165) is 6.08 Å². The number of hydrogen-bond donors (Lipinski definition) is 0. The van der Waals surface area contributed by atoms with Crippen LogP contribution in [0.5, 0.6) is 0 Å². The molecule has 2 aromatic carbocycles. The molecule has 148 valence electrons. The lowest BCUT2D eigenvalue weighted by Crippen LogP contribution is -2.51. The normalized spacial score (nSPS) is 19.0. The Bertz CT molecular complexity index is 776. The molecule has 1 unspecified atom stereocenters. The number of para-hydroxylation sites is 2. The molecule has 0 amide bonds. The lowest BCUT2D eigenvalue weighted by molar-refractivity contribution is -0.215. The van der Waals surface area contributed by atoms with E-state index in [1.54, 1.807) is 53.4 Å². The standard InChI is InChI=1S/C20H18F4N2O2/c21-18(22)27-17-11-12-25-13-20(17,28-19(23)24)14-26(15-7-3-1-4-8-15)16-9-5-2-6-10-16/h1-12,18-19H,13-14H2. The number of nitrogens with zero attached hydrogens (tertiary/aromatic N) is 2. The lowest BCUT2D eigenvalue weighted by Gasteiger charge is -2.39. The Hall–Kier alpha value is -2.87. The van der Waals surface area contributed by atoms with Gasteiger partial charge in [-0.25, -0.2) is 0 Å². The maximum absolute atomic E-state index is 13.3. The molecule has 1 atom stereocenters. The van der Waals surface area contributed by atoms with Crippen LogP contribution in [0.25, 0.3) is 0 Å². The summed E-state index contributed by atoms with van der Waals surface area (Å²) >= 11 is 0. The van der Waals surface area contributed by atoms with Crippen molar-refractivity contribution >= 4 is 17.6 Å². The molecular weight excluding hydrogens is 376 g/mol. The Labute approximate surface area is 159 Å². The number of benzene rings is 2. The summed E-state index contributed by atoms with van der Waals surface area (Å²) in [4.78, 5) is 5.67. The maximum Gasteiger partial charge on any atom is 0.387 e. The van der Waals surface area contributed by atoms with E-state index in [1.807, 2.05) is 12.1 Å². The zero-order valence-corrected chi connectivity index (χ0v) is 14.7. The van der Waals surface area contributed by atoms with Crippen LogP contribution in [0.15, 0.2) is 77.5 Å². The van der Waals surface area contributed by atoms with E-state index < -0.39 is 24.6 Å². The zero-order valence-electron chi connectivity index (χ0n) is 14.7. The molecule has 1 heterocycles. The molecule has 8 heteroatoms. The highest BCUT2D eigenvalue weighted by Gasteiger charge is 2.44. The van der Waals surface area contributed by atoms with Gasteiger partial charge < -0.3 is 14.4 Å². The van der Waals surface area contributed by atoms with Crippen molar-refractivity contribution in [1.82, 2.24) is 0 Å². The van der Waals surface area contributed by atoms with Gasteiger partial charge >= 0.3 is 13.2 Å². The molecule has 0 saturated heterocycles. The van der Waals surface area contributed by atoms with Crippen molar-refractivity contribution in [3.05, 3.63) is 72.5 Å². The third-order valence-electron chi connectivity index (χ3n) is 4.21. The minimum absolute atomic E-state index is 0.207. The van der Waals surface area contributed by atoms with E-state index in [9.17, 15) is 17.6 Å².